The molecule has 1 aromatic carbocycles. The number of aromatic nitrogens is 1. The van der Waals surface area contributed by atoms with E-state index < -0.39 is 0 Å². The van der Waals surface area contributed by atoms with Crippen LogP contribution in [0.4, 0.5) is 0 Å². The normalized spacial score (nSPS) is 16.9. The van der Waals surface area contributed by atoms with E-state index in [4.69, 9.17) is 0 Å². The zero-order valence-corrected chi connectivity index (χ0v) is 16.7. The van der Waals surface area contributed by atoms with E-state index in [9.17, 15) is 4.79 Å². The van der Waals surface area contributed by atoms with Gasteiger partial charge in [-0.2, -0.15) is 0 Å². The molecule has 1 aliphatic rings. The lowest BCUT2D eigenvalue weighted by atomic mass is 10.0. The van der Waals surface area contributed by atoms with Gasteiger partial charge in [0.2, 0.25) is 0 Å². The van der Waals surface area contributed by atoms with Gasteiger partial charge < -0.3 is 14.4 Å². The summed E-state index contributed by atoms with van der Waals surface area (Å²) in [6.45, 7) is 8.07. The third-order valence-electron chi connectivity index (χ3n) is 5.87. The Morgan fingerprint density at radius 2 is 1.73 bits per heavy atom. The highest BCUT2D eigenvalue weighted by molar-refractivity contribution is 5.95. The van der Waals surface area contributed by atoms with Gasteiger partial charge in [-0.15, -0.1) is 0 Å². The summed E-state index contributed by atoms with van der Waals surface area (Å²) in [6.07, 6.45) is 2.11. The van der Waals surface area contributed by atoms with Crippen molar-refractivity contribution in [3.05, 3.63) is 58.9 Å². The van der Waals surface area contributed by atoms with Crippen LogP contribution in [0.1, 0.15) is 53.1 Å². The monoisotopic (exact) mass is 353 g/mol. The van der Waals surface area contributed by atoms with Gasteiger partial charge in [-0.05, 0) is 59.3 Å². The molecule has 2 heterocycles. The van der Waals surface area contributed by atoms with Gasteiger partial charge in [0.25, 0.3) is 5.91 Å². The fourth-order valence-electron chi connectivity index (χ4n) is 4.23. The van der Waals surface area contributed by atoms with Gasteiger partial charge in [-0.3, -0.25) is 4.79 Å². The highest BCUT2D eigenvalue weighted by Gasteiger charge is 2.27. The van der Waals surface area contributed by atoms with Crippen molar-refractivity contribution < 1.29 is 4.79 Å². The molecule has 0 radical (unpaired) electrons. The van der Waals surface area contributed by atoms with Crippen LogP contribution in [0.5, 0.6) is 0 Å². The first-order valence-electron chi connectivity index (χ1n) is 9.59. The molecule has 0 bridgehead atoms. The summed E-state index contributed by atoms with van der Waals surface area (Å²) in [5.41, 5.74) is 4.33. The molecular formula is C22H31N3O. The van der Waals surface area contributed by atoms with Crippen molar-refractivity contribution >= 4 is 5.91 Å². The van der Waals surface area contributed by atoms with Crippen LogP contribution in [0.15, 0.2) is 36.4 Å². The molecule has 1 unspecified atom stereocenters. The molecule has 1 fully saturated rings. The van der Waals surface area contributed by atoms with E-state index in [1.807, 2.05) is 11.0 Å². The summed E-state index contributed by atoms with van der Waals surface area (Å²) in [4.78, 5) is 17.4. The number of benzene rings is 1. The number of nitrogens with zero attached hydrogens (tertiary/aromatic N) is 3. The van der Waals surface area contributed by atoms with E-state index >= 15 is 0 Å². The Hall–Kier alpha value is -2.07. The van der Waals surface area contributed by atoms with Crippen molar-refractivity contribution in [2.45, 2.75) is 45.7 Å². The molecule has 0 saturated carbocycles. The minimum atomic E-state index is 0.182. The highest BCUT2D eigenvalue weighted by atomic mass is 16.2. The zero-order valence-electron chi connectivity index (χ0n) is 16.7. The molecule has 140 valence electrons. The number of likely N-dealkylation sites (tertiary alicyclic amines) is 1. The Bertz CT molecular complexity index is 755. The molecule has 1 saturated heterocycles. The summed E-state index contributed by atoms with van der Waals surface area (Å²) in [5.74, 6) is 0.182. The van der Waals surface area contributed by atoms with E-state index in [0.717, 1.165) is 42.9 Å². The van der Waals surface area contributed by atoms with E-state index in [-0.39, 0.29) is 11.9 Å². The van der Waals surface area contributed by atoms with Crippen molar-refractivity contribution in [1.29, 1.82) is 0 Å². The lowest BCUT2D eigenvalue weighted by Gasteiger charge is -2.35. The molecule has 0 N–H and O–H groups in total. The quantitative estimate of drug-likeness (QED) is 0.834. The topological polar surface area (TPSA) is 28.5 Å². The third-order valence-corrected chi connectivity index (χ3v) is 5.87. The number of hydrogen-bond donors (Lipinski definition) is 0. The molecule has 0 spiro atoms. The van der Waals surface area contributed by atoms with Crippen LogP contribution in [0.25, 0.3) is 0 Å². The van der Waals surface area contributed by atoms with Crippen LogP contribution in [0.3, 0.4) is 0 Å². The number of carbonyl (C=O) groups excluding carboxylic acids is 1. The molecule has 0 aliphatic carbocycles. The predicted molar refractivity (Wildman–Crippen MR) is 107 cm³/mol. The maximum Gasteiger partial charge on any atom is 0.255 e. The Morgan fingerprint density at radius 3 is 2.31 bits per heavy atom. The molecule has 1 aromatic heterocycles. The van der Waals surface area contributed by atoms with Gasteiger partial charge in [0, 0.05) is 30.5 Å². The van der Waals surface area contributed by atoms with Gasteiger partial charge >= 0.3 is 0 Å². The van der Waals surface area contributed by atoms with Gasteiger partial charge in [-0.25, -0.2) is 0 Å². The summed E-state index contributed by atoms with van der Waals surface area (Å²) in [7, 11) is 4.25. The van der Waals surface area contributed by atoms with Crippen molar-refractivity contribution in [2.75, 3.05) is 27.2 Å². The van der Waals surface area contributed by atoms with E-state index in [2.05, 4.69) is 74.7 Å². The molecule has 2 aromatic rings. The average molecular weight is 354 g/mol. The predicted octanol–water partition coefficient (Wildman–Crippen LogP) is 3.88. The first-order chi connectivity index (χ1) is 12.4. The average Bonchev–Trinajstić information content (AvgIpc) is 2.95. The number of carbonyl (C=O) groups is 1. The minimum absolute atomic E-state index is 0.182. The van der Waals surface area contributed by atoms with Crippen LogP contribution in [-0.2, 0) is 0 Å². The van der Waals surface area contributed by atoms with E-state index in [1.54, 1.807) is 0 Å². The van der Waals surface area contributed by atoms with E-state index in [0.29, 0.717) is 6.04 Å². The summed E-state index contributed by atoms with van der Waals surface area (Å²) < 4.78 is 2.29. The number of piperidine rings is 1. The molecule has 1 atom stereocenters. The maximum absolute atomic E-state index is 13.1. The first kappa shape index (κ1) is 18.7. The molecule has 26 heavy (non-hydrogen) atoms. The summed E-state index contributed by atoms with van der Waals surface area (Å²) in [5, 5.41) is 0. The minimum Gasteiger partial charge on any atom is -0.341 e. The van der Waals surface area contributed by atoms with Crippen LogP contribution in [0.2, 0.25) is 0 Å². The Kier molecular flexibility index (Phi) is 5.52. The summed E-state index contributed by atoms with van der Waals surface area (Å²) >= 11 is 0. The third kappa shape index (κ3) is 3.56. The van der Waals surface area contributed by atoms with Crippen molar-refractivity contribution in [3.63, 3.8) is 0 Å². The van der Waals surface area contributed by atoms with Crippen molar-refractivity contribution in [3.8, 4) is 0 Å². The number of rotatable bonds is 4. The molecule has 4 nitrogen and oxygen atoms in total. The standard InChI is InChI=1S/C22H31N3O/c1-16-15-21(22(26)24-13-11-20(12-14-24)23(4)5)18(3)25(16)17(2)19-9-7-6-8-10-19/h6-10,15,17,20H,11-14H2,1-5H3. The Balaban J connectivity index is 1.81. The second-order valence-electron chi connectivity index (χ2n) is 7.73. The largest absolute Gasteiger partial charge is 0.341 e. The van der Waals surface area contributed by atoms with Crippen LogP contribution in [-0.4, -0.2) is 53.5 Å². The second-order valence-corrected chi connectivity index (χ2v) is 7.73. The molecule has 1 amide bonds. The number of hydrogen-bond acceptors (Lipinski definition) is 2. The molecular weight excluding hydrogens is 322 g/mol. The fraction of sp³-hybridized carbons (Fsp3) is 0.500. The Labute approximate surface area is 157 Å². The lowest BCUT2D eigenvalue weighted by molar-refractivity contribution is 0.0662. The number of amides is 1. The van der Waals surface area contributed by atoms with Crippen molar-refractivity contribution in [2.24, 2.45) is 0 Å². The maximum atomic E-state index is 13.1. The van der Waals surface area contributed by atoms with Crippen molar-refractivity contribution in [1.82, 2.24) is 14.4 Å². The highest BCUT2D eigenvalue weighted by Crippen LogP contribution is 2.27. The first-order valence-corrected chi connectivity index (χ1v) is 9.59. The second kappa shape index (κ2) is 7.67. The Morgan fingerprint density at radius 1 is 1.12 bits per heavy atom. The molecule has 3 rings (SSSR count). The summed E-state index contributed by atoms with van der Waals surface area (Å²) in [6, 6.07) is 13.4. The van der Waals surface area contributed by atoms with Crippen LogP contribution < -0.4 is 0 Å². The zero-order chi connectivity index (χ0) is 18.8. The van der Waals surface area contributed by atoms with Gasteiger partial charge in [0.15, 0.2) is 0 Å². The smallest absolute Gasteiger partial charge is 0.255 e. The van der Waals surface area contributed by atoms with Crippen LogP contribution in [0, 0.1) is 13.8 Å². The fourth-order valence-corrected chi connectivity index (χ4v) is 4.23. The molecule has 1 aliphatic heterocycles. The van der Waals surface area contributed by atoms with Gasteiger partial charge in [0.1, 0.15) is 0 Å². The SMILES string of the molecule is Cc1cc(C(=O)N2CCC(N(C)C)CC2)c(C)n1C(C)c1ccccc1. The van der Waals surface area contributed by atoms with E-state index in [1.165, 1.54) is 5.56 Å². The lowest BCUT2D eigenvalue weighted by Crippen LogP contribution is -2.44. The molecule has 4 heteroatoms. The van der Waals surface area contributed by atoms with Crippen LogP contribution >= 0.6 is 0 Å². The van der Waals surface area contributed by atoms with Gasteiger partial charge in [-0.1, -0.05) is 30.3 Å². The van der Waals surface area contributed by atoms with Gasteiger partial charge in [0.05, 0.1) is 11.6 Å². The number of aryl methyl sites for hydroxylation is 1.